The van der Waals surface area contributed by atoms with Crippen molar-refractivity contribution in [2.24, 2.45) is 5.73 Å². The molecule has 2 nitrogen and oxygen atoms in total. The molecular formula is C14H23ClN2. The lowest BCUT2D eigenvalue weighted by molar-refractivity contribution is 0.266. The molecule has 2 N–H and O–H groups in total. The highest BCUT2D eigenvalue weighted by molar-refractivity contribution is 6.30. The van der Waals surface area contributed by atoms with Gasteiger partial charge in [0.1, 0.15) is 0 Å². The van der Waals surface area contributed by atoms with E-state index in [1.165, 1.54) is 12.0 Å². The zero-order chi connectivity index (χ0) is 12.9. The first-order valence-electron chi connectivity index (χ1n) is 6.17. The first kappa shape index (κ1) is 14.5. The Kier molecular flexibility index (Phi) is 5.44. The SMILES string of the molecule is CCCCC(N)(CN(C)C)c1ccc(Cl)cc1. The van der Waals surface area contributed by atoms with E-state index in [1.54, 1.807) is 0 Å². The van der Waals surface area contributed by atoms with Gasteiger partial charge in [0, 0.05) is 11.6 Å². The molecule has 1 rings (SSSR count). The highest BCUT2D eigenvalue weighted by Crippen LogP contribution is 2.26. The van der Waals surface area contributed by atoms with Crippen LogP contribution in [0.3, 0.4) is 0 Å². The Hall–Kier alpha value is -0.570. The third-order valence-corrected chi connectivity index (χ3v) is 3.25. The van der Waals surface area contributed by atoms with Crippen molar-refractivity contribution in [2.75, 3.05) is 20.6 Å². The minimum absolute atomic E-state index is 0.274. The molecule has 0 aliphatic rings. The van der Waals surface area contributed by atoms with Crippen molar-refractivity contribution in [3.63, 3.8) is 0 Å². The molecule has 1 unspecified atom stereocenters. The number of benzene rings is 1. The molecule has 0 fully saturated rings. The highest BCUT2D eigenvalue weighted by Gasteiger charge is 2.27. The Morgan fingerprint density at radius 3 is 2.29 bits per heavy atom. The van der Waals surface area contributed by atoms with Gasteiger partial charge in [-0.1, -0.05) is 43.5 Å². The van der Waals surface area contributed by atoms with Crippen molar-refractivity contribution in [3.8, 4) is 0 Å². The summed E-state index contributed by atoms with van der Waals surface area (Å²) >= 11 is 5.92. The second-order valence-electron chi connectivity index (χ2n) is 5.00. The van der Waals surface area contributed by atoms with Crippen LogP contribution in [0.15, 0.2) is 24.3 Å². The predicted molar refractivity (Wildman–Crippen MR) is 75.4 cm³/mol. The standard InChI is InChI=1S/C14H23ClN2/c1-4-5-10-14(16,11-17(2)3)12-6-8-13(15)9-7-12/h6-9H,4-5,10-11,16H2,1-3H3. The summed E-state index contributed by atoms with van der Waals surface area (Å²) in [4.78, 5) is 2.14. The second-order valence-corrected chi connectivity index (χ2v) is 5.44. The van der Waals surface area contributed by atoms with Crippen LogP contribution in [0.5, 0.6) is 0 Å². The van der Waals surface area contributed by atoms with Crippen molar-refractivity contribution in [2.45, 2.75) is 31.7 Å². The number of hydrogen-bond acceptors (Lipinski definition) is 2. The lowest BCUT2D eigenvalue weighted by Gasteiger charge is -2.33. The van der Waals surface area contributed by atoms with Crippen molar-refractivity contribution in [1.29, 1.82) is 0 Å². The van der Waals surface area contributed by atoms with Crippen molar-refractivity contribution < 1.29 is 0 Å². The predicted octanol–water partition coefficient (Wildman–Crippen LogP) is 3.25. The van der Waals surface area contributed by atoms with Gasteiger partial charge in [-0.2, -0.15) is 0 Å². The highest BCUT2D eigenvalue weighted by atomic mass is 35.5. The van der Waals surface area contributed by atoms with Gasteiger partial charge < -0.3 is 10.6 Å². The molecule has 0 heterocycles. The summed E-state index contributed by atoms with van der Waals surface area (Å²) in [6, 6.07) is 7.92. The van der Waals surface area contributed by atoms with Crippen LogP contribution in [0, 0.1) is 0 Å². The fraction of sp³-hybridized carbons (Fsp3) is 0.571. The largest absolute Gasteiger partial charge is 0.320 e. The summed E-state index contributed by atoms with van der Waals surface area (Å²) in [5.41, 5.74) is 7.47. The number of nitrogens with zero attached hydrogens (tertiary/aromatic N) is 1. The lowest BCUT2D eigenvalue weighted by atomic mass is 9.85. The number of halogens is 1. The second kappa shape index (κ2) is 6.39. The summed E-state index contributed by atoms with van der Waals surface area (Å²) in [6.45, 7) is 3.05. The van der Waals surface area contributed by atoms with E-state index in [-0.39, 0.29) is 5.54 Å². The Morgan fingerprint density at radius 2 is 1.82 bits per heavy atom. The number of rotatable bonds is 6. The zero-order valence-electron chi connectivity index (χ0n) is 11.0. The molecule has 0 saturated heterocycles. The minimum Gasteiger partial charge on any atom is -0.320 e. The van der Waals surface area contributed by atoms with Gasteiger partial charge in [-0.25, -0.2) is 0 Å². The maximum Gasteiger partial charge on any atom is 0.0538 e. The maximum absolute atomic E-state index is 6.57. The molecule has 0 saturated carbocycles. The van der Waals surface area contributed by atoms with Gasteiger partial charge in [-0.3, -0.25) is 0 Å². The van der Waals surface area contributed by atoms with E-state index in [2.05, 4.69) is 25.9 Å². The van der Waals surface area contributed by atoms with Crippen molar-refractivity contribution in [3.05, 3.63) is 34.9 Å². The lowest BCUT2D eigenvalue weighted by Crippen LogP contribution is -2.45. The number of nitrogens with two attached hydrogens (primary N) is 1. The normalized spacial score (nSPS) is 14.9. The molecule has 0 aliphatic heterocycles. The molecule has 0 bridgehead atoms. The van der Waals surface area contributed by atoms with E-state index in [9.17, 15) is 0 Å². The Labute approximate surface area is 110 Å². The minimum atomic E-state index is -0.274. The van der Waals surface area contributed by atoms with E-state index in [0.717, 1.165) is 24.4 Å². The van der Waals surface area contributed by atoms with E-state index >= 15 is 0 Å². The van der Waals surface area contributed by atoms with Gasteiger partial charge >= 0.3 is 0 Å². The van der Waals surface area contributed by atoms with Crippen LogP contribution in [0.2, 0.25) is 5.02 Å². The first-order valence-corrected chi connectivity index (χ1v) is 6.55. The monoisotopic (exact) mass is 254 g/mol. The number of unbranched alkanes of at least 4 members (excludes halogenated alkanes) is 1. The molecule has 0 radical (unpaired) electrons. The first-order chi connectivity index (χ1) is 7.98. The van der Waals surface area contributed by atoms with E-state index in [1.807, 2.05) is 24.3 Å². The summed E-state index contributed by atoms with van der Waals surface area (Å²) in [5, 5.41) is 0.761. The fourth-order valence-corrected chi connectivity index (χ4v) is 2.28. The molecule has 0 aliphatic carbocycles. The summed E-state index contributed by atoms with van der Waals surface area (Å²) in [6.07, 6.45) is 3.32. The third kappa shape index (κ3) is 4.30. The van der Waals surface area contributed by atoms with E-state index in [0.29, 0.717) is 0 Å². The average Bonchev–Trinajstić information content (AvgIpc) is 2.26. The average molecular weight is 255 g/mol. The molecule has 1 atom stereocenters. The van der Waals surface area contributed by atoms with Gasteiger partial charge in [-0.05, 0) is 38.2 Å². The van der Waals surface area contributed by atoms with Crippen LogP contribution in [0.4, 0.5) is 0 Å². The molecule has 0 amide bonds. The summed E-state index contributed by atoms with van der Waals surface area (Å²) in [5.74, 6) is 0. The quantitative estimate of drug-likeness (QED) is 0.845. The Morgan fingerprint density at radius 1 is 1.24 bits per heavy atom. The number of hydrogen-bond donors (Lipinski definition) is 1. The molecular weight excluding hydrogens is 232 g/mol. The summed E-state index contributed by atoms with van der Waals surface area (Å²) in [7, 11) is 4.12. The van der Waals surface area contributed by atoms with Crippen LogP contribution in [0.25, 0.3) is 0 Å². The van der Waals surface area contributed by atoms with Crippen LogP contribution in [0.1, 0.15) is 31.7 Å². The fourth-order valence-electron chi connectivity index (χ4n) is 2.15. The van der Waals surface area contributed by atoms with Crippen molar-refractivity contribution >= 4 is 11.6 Å². The van der Waals surface area contributed by atoms with Crippen LogP contribution >= 0.6 is 11.6 Å². The molecule has 17 heavy (non-hydrogen) atoms. The van der Waals surface area contributed by atoms with Crippen LogP contribution < -0.4 is 5.73 Å². The van der Waals surface area contributed by atoms with Gasteiger partial charge in [0.15, 0.2) is 0 Å². The maximum atomic E-state index is 6.57. The van der Waals surface area contributed by atoms with E-state index in [4.69, 9.17) is 17.3 Å². The molecule has 3 heteroatoms. The van der Waals surface area contributed by atoms with Gasteiger partial charge in [0.2, 0.25) is 0 Å². The smallest absolute Gasteiger partial charge is 0.0538 e. The summed E-state index contributed by atoms with van der Waals surface area (Å²) < 4.78 is 0. The molecule has 1 aromatic rings. The van der Waals surface area contributed by atoms with Gasteiger partial charge in [-0.15, -0.1) is 0 Å². The zero-order valence-corrected chi connectivity index (χ0v) is 11.8. The Bertz CT molecular complexity index is 335. The van der Waals surface area contributed by atoms with Crippen LogP contribution in [-0.4, -0.2) is 25.5 Å². The van der Waals surface area contributed by atoms with E-state index < -0.39 is 0 Å². The van der Waals surface area contributed by atoms with Gasteiger partial charge in [0.25, 0.3) is 0 Å². The molecule has 0 spiro atoms. The van der Waals surface area contributed by atoms with Gasteiger partial charge in [0.05, 0.1) is 5.54 Å². The molecule has 0 aromatic heterocycles. The number of likely N-dealkylation sites (N-methyl/N-ethyl adjacent to an activating group) is 1. The molecule has 1 aromatic carbocycles. The topological polar surface area (TPSA) is 29.3 Å². The third-order valence-electron chi connectivity index (χ3n) is 2.99. The van der Waals surface area contributed by atoms with Crippen LogP contribution in [-0.2, 0) is 5.54 Å². The Balaban J connectivity index is 2.91. The van der Waals surface area contributed by atoms with Crippen molar-refractivity contribution in [1.82, 2.24) is 4.90 Å². The molecule has 96 valence electrons.